The number of benzene rings is 2. The SMILES string of the molecule is Cc1c(Nc2nc3ccccc3s2)nnc2c1CCCN2c1ccc(-c2cnn(CC34CC5(OCCN(CC[C@H](O)CO)C(=O)OCc6ccc(NC(=O)[C@H](CCCNC(N)=O)NC(=O)[C@@H](NC(=O)CCOCCN7C(=O)C=CC7=O)C(C)C)cc6)C[C@](C)(C3)C[C@](C)(C4)C5)c2C)c(C(=O)O)n1. The number of nitrogens with two attached hydrogens (primary N) is 1. The third-order valence-corrected chi connectivity index (χ3v) is 21.0. The van der Waals surface area contributed by atoms with Crippen molar-refractivity contribution >= 4 is 97.5 Å². The van der Waals surface area contributed by atoms with E-state index in [0.717, 1.165) is 83.3 Å². The average molecular weight is 1420 g/mol. The van der Waals surface area contributed by atoms with Crippen molar-refractivity contribution in [3.8, 4) is 11.1 Å². The van der Waals surface area contributed by atoms with Crippen molar-refractivity contribution in [3.05, 3.63) is 107 Å². The van der Waals surface area contributed by atoms with E-state index in [4.69, 9.17) is 35.0 Å². The fourth-order valence-corrected chi connectivity index (χ4v) is 17.2. The van der Waals surface area contributed by atoms with Gasteiger partial charge in [-0.15, -0.1) is 10.2 Å². The van der Waals surface area contributed by atoms with Crippen LogP contribution in [0.15, 0.2) is 79.0 Å². The Balaban J connectivity index is 0.700. The fourth-order valence-electron chi connectivity index (χ4n) is 16.4. The lowest BCUT2D eigenvalue weighted by atomic mass is 9.39. The number of carboxylic acids is 1. The van der Waals surface area contributed by atoms with Crippen LogP contribution < -0.4 is 37.2 Å². The lowest BCUT2D eigenvalue weighted by molar-refractivity contribution is -0.248. The number of hydrogen-bond acceptors (Lipinski definition) is 21. The maximum absolute atomic E-state index is 14.0. The molecule has 7 atom stereocenters. The molecule has 544 valence electrons. The zero-order valence-corrected chi connectivity index (χ0v) is 59.2. The van der Waals surface area contributed by atoms with Crippen LogP contribution in [-0.4, -0.2) is 186 Å². The molecule has 30 heteroatoms. The molecule has 0 saturated heterocycles. The van der Waals surface area contributed by atoms with Gasteiger partial charge in [-0.1, -0.05) is 63.3 Å². The molecule has 4 bridgehead atoms. The number of primary amides is 1. The van der Waals surface area contributed by atoms with Crippen LogP contribution in [0.5, 0.6) is 0 Å². The predicted octanol–water partition coefficient (Wildman–Crippen LogP) is 7.35. The Labute approximate surface area is 594 Å². The molecule has 102 heavy (non-hydrogen) atoms. The molecule has 4 saturated carbocycles. The second-order valence-electron chi connectivity index (χ2n) is 28.9. The molecule has 2 aromatic carbocycles. The number of carbonyl (C=O) groups is 8. The van der Waals surface area contributed by atoms with Crippen LogP contribution in [0.2, 0.25) is 0 Å². The first-order chi connectivity index (χ1) is 48.7. The first-order valence-electron chi connectivity index (χ1n) is 34.8. The maximum Gasteiger partial charge on any atom is 0.410 e. The topological polar surface area (TPSA) is 390 Å². The minimum atomic E-state index is -1.17. The summed E-state index contributed by atoms with van der Waals surface area (Å²) in [6.07, 6.45) is 9.52. The molecule has 2 unspecified atom stereocenters. The summed E-state index contributed by atoms with van der Waals surface area (Å²) in [4.78, 5) is 117. The van der Waals surface area contributed by atoms with Crippen LogP contribution >= 0.6 is 11.3 Å². The zero-order chi connectivity index (χ0) is 72.7. The number of thiazole rings is 1. The summed E-state index contributed by atoms with van der Waals surface area (Å²) in [6, 6.07) is 15.2. The number of fused-ring (bicyclic) bond motifs is 2. The molecule has 12 rings (SSSR count). The van der Waals surface area contributed by atoms with Crippen LogP contribution in [0.25, 0.3) is 21.3 Å². The molecule has 10 N–H and O–H groups in total. The summed E-state index contributed by atoms with van der Waals surface area (Å²) in [6.45, 7) is 13.1. The number of imide groups is 1. The summed E-state index contributed by atoms with van der Waals surface area (Å²) in [5.41, 5.74) is 10.0. The number of anilines is 5. The third-order valence-electron chi connectivity index (χ3n) is 20.1. The molecule has 6 aliphatic rings. The monoisotopic (exact) mass is 1420 g/mol. The lowest BCUT2D eigenvalue weighted by Gasteiger charge is -2.69. The van der Waals surface area contributed by atoms with Crippen molar-refractivity contribution in [1.82, 2.24) is 55.7 Å². The highest BCUT2D eigenvalue weighted by molar-refractivity contribution is 7.22. The number of aliphatic hydroxyl groups excluding tert-OH is 2. The van der Waals surface area contributed by atoms with Gasteiger partial charge in [-0.05, 0) is 149 Å². The van der Waals surface area contributed by atoms with Crippen LogP contribution in [0.4, 0.5) is 37.9 Å². The van der Waals surface area contributed by atoms with Gasteiger partial charge in [-0.3, -0.25) is 33.6 Å². The standard InChI is InChI=1S/C72H91N15O14S/c1-43(2)59(80-56(90)24-30-99-31-29-86-57(91)21-22-58(86)92)64(94)77-53(13-9-25-74-66(73)97)63(93)76-47-17-15-46(16-18-47)35-100-68(98)84(27-23-48(89)34-88)28-32-101-72-39-69(5)36-70(6,40-72)38-71(37-69,41-72)42-87-45(4)51(33-75-87)50-19-20-55(79-60(50)65(95)96)85-26-10-11-49-44(3)61(82-83-62(49)85)81-67-78-52-12-7-8-14-54(52)102-67/h7-8,12,14-22,33,43,48,53,59,88-89H,9-11,13,23-32,34-42H2,1-6H3,(H,76,93)(H,77,94)(H,80,90)(H,95,96)(H3,73,74,97)(H,78,81,82)/t48-,53-,59-,69-,70+,71?,72?/m0/s1. The number of pyridine rings is 1. The second-order valence-corrected chi connectivity index (χ2v) is 29.9. The molecule has 2 aliphatic heterocycles. The van der Waals surface area contributed by atoms with Crippen LogP contribution in [0.1, 0.15) is 131 Å². The lowest BCUT2D eigenvalue weighted by Crippen LogP contribution is -2.64. The number of urea groups is 1. The summed E-state index contributed by atoms with van der Waals surface area (Å²) in [7, 11) is 0. The number of para-hydroxylation sites is 1. The number of aliphatic hydroxyl groups is 2. The normalized spacial score (nSPS) is 21.2. The van der Waals surface area contributed by atoms with Gasteiger partial charge in [0, 0.05) is 84.9 Å². The highest BCUT2D eigenvalue weighted by Crippen LogP contribution is 2.72. The van der Waals surface area contributed by atoms with Crippen molar-refractivity contribution < 1.29 is 67.9 Å². The Morgan fingerprint density at radius 1 is 0.833 bits per heavy atom. The number of rotatable bonds is 33. The predicted molar refractivity (Wildman–Crippen MR) is 379 cm³/mol. The molecule has 6 heterocycles. The molecule has 6 aromatic rings. The Morgan fingerprint density at radius 3 is 2.28 bits per heavy atom. The van der Waals surface area contributed by atoms with Gasteiger partial charge in [0.25, 0.3) is 11.8 Å². The van der Waals surface area contributed by atoms with E-state index in [0.29, 0.717) is 58.1 Å². The molecular formula is C72H91N15O14S. The quantitative estimate of drug-likeness (QED) is 0.0144. The van der Waals surface area contributed by atoms with Crippen molar-refractivity contribution in [2.45, 2.75) is 156 Å². The highest BCUT2D eigenvalue weighted by atomic mass is 32.1. The van der Waals surface area contributed by atoms with Gasteiger partial charge in [-0.25, -0.2) is 24.4 Å². The van der Waals surface area contributed by atoms with E-state index in [2.05, 4.69) is 50.6 Å². The molecule has 0 spiro atoms. The molecule has 4 aliphatic carbocycles. The summed E-state index contributed by atoms with van der Waals surface area (Å²) in [5, 5.41) is 60.0. The smallest absolute Gasteiger partial charge is 0.410 e. The number of aromatic carboxylic acids is 1. The number of nitrogens with zero attached hydrogens (tertiary/aromatic N) is 9. The van der Waals surface area contributed by atoms with E-state index in [9.17, 15) is 53.7 Å². The van der Waals surface area contributed by atoms with E-state index in [1.54, 1.807) is 44.3 Å². The fraction of sp³-hybridized carbons (Fsp3) is 0.514. The van der Waals surface area contributed by atoms with E-state index < -0.39 is 83.9 Å². The van der Waals surface area contributed by atoms with Gasteiger partial charge in [0.15, 0.2) is 22.5 Å². The summed E-state index contributed by atoms with van der Waals surface area (Å²) >= 11 is 1.54. The molecule has 8 amide bonds. The maximum atomic E-state index is 14.0. The van der Waals surface area contributed by atoms with Gasteiger partial charge < -0.3 is 71.6 Å². The number of nitrogens with one attached hydrogen (secondary N) is 5. The van der Waals surface area contributed by atoms with Crippen molar-refractivity contribution in [2.75, 3.05) is 74.7 Å². The minimum absolute atomic E-state index is 0.0123. The first kappa shape index (κ1) is 73.7. The average Bonchev–Trinajstić information content (AvgIpc) is 0.751. The second kappa shape index (κ2) is 31.4. The van der Waals surface area contributed by atoms with Gasteiger partial charge in [-0.2, -0.15) is 5.10 Å². The number of aromatic nitrogens is 6. The third kappa shape index (κ3) is 17.3. The largest absolute Gasteiger partial charge is 0.476 e. The van der Waals surface area contributed by atoms with E-state index in [1.807, 2.05) is 59.8 Å². The Hall–Kier alpha value is -9.49. The molecule has 0 radical (unpaired) electrons. The molecular weight excluding hydrogens is 1330 g/mol. The summed E-state index contributed by atoms with van der Waals surface area (Å²) in [5.74, 6) is -2.48. The number of amides is 8. The van der Waals surface area contributed by atoms with Gasteiger partial charge in [0.2, 0.25) is 17.7 Å². The Morgan fingerprint density at radius 2 is 1.58 bits per heavy atom. The summed E-state index contributed by atoms with van der Waals surface area (Å²) < 4.78 is 21.5. The molecule has 4 aromatic heterocycles. The van der Waals surface area contributed by atoms with Gasteiger partial charge in [0.1, 0.15) is 24.5 Å². The van der Waals surface area contributed by atoms with Crippen molar-refractivity contribution in [1.29, 1.82) is 0 Å². The van der Waals surface area contributed by atoms with E-state index in [1.165, 1.54) is 28.4 Å². The van der Waals surface area contributed by atoms with Crippen molar-refractivity contribution in [3.63, 3.8) is 0 Å². The number of carboxylic acid groups (broad SMARTS) is 1. The van der Waals surface area contributed by atoms with E-state index >= 15 is 0 Å². The highest BCUT2D eigenvalue weighted by Gasteiger charge is 2.66. The number of ether oxygens (including phenoxy) is 3. The molecule has 4 fully saturated rings. The molecule has 29 nitrogen and oxygen atoms in total. The van der Waals surface area contributed by atoms with Crippen LogP contribution in [0.3, 0.4) is 0 Å². The van der Waals surface area contributed by atoms with Gasteiger partial charge >= 0.3 is 18.1 Å². The Bertz CT molecular complexity index is 4090. The Kier molecular flexibility index (Phi) is 22.7. The zero-order valence-electron chi connectivity index (χ0n) is 58.4. The van der Waals surface area contributed by atoms with E-state index in [-0.39, 0.29) is 100 Å². The van der Waals surface area contributed by atoms with Crippen LogP contribution in [0, 0.1) is 36.0 Å². The minimum Gasteiger partial charge on any atom is -0.476 e. The number of hydrogen-bond donors (Lipinski definition) is 9. The number of carbonyl (C=O) groups excluding carboxylic acids is 7. The van der Waals surface area contributed by atoms with Crippen LogP contribution in [-0.2, 0) is 57.8 Å². The van der Waals surface area contributed by atoms with Gasteiger partial charge in [0.05, 0.1) is 61.1 Å². The van der Waals surface area contributed by atoms with Crippen molar-refractivity contribution in [2.24, 2.45) is 27.9 Å². The first-order valence-corrected chi connectivity index (χ1v) is 35.6.